The largest absolute Gasteiger partial charge is 0.381 e. The van der Waals surface area contributed by atoms with Gasteiger partial charge in [0, 0.05) is 57.6 Å². The zero-order valence-electron chi connectivity index (χ0n) is 18.5. The van der Waals surface area contributed by atoms with Gasteiger partial charge in [-0.1, -0.05) is 30.3 Å². The third kappa shape index (κ3) is 3.32. The summed E-state index contributed by atoms with van der Waals surface area (Å²) in [6, 6.07) is 13.5. The number of fused-ring (bicyclic) bond motifs is 3. The number of carbonyl (C=O) groups excluding carboxylic acids is 2. The number of hydrogen-bond acceptors (Lipinski definition) is 5. The van der Waals surface area contributed by atoms with Crippen molar-refractivity contribution in [1.82, 2.24) is 24.1 Å². The summed E-state index contributed by atoms with van der Waals surface area (Å²) in [6.45, 7) is 3.57. The van der Waals surface area contributed by atoms with Gasteiger partial charge >= 0.3 is 0 Å². The summed E-state index contributed by atoms with van der Waals surface area (Å²) in [7, 11) is 0. The van der Waals surface area contributed by atoms with Crippen molar-refractivity contribution in [3.05, 3.63) is 72.2 Å². The van der Waals surface area contributed by atoms with Crippen LogP contribution in [-0.2, 0) is 16.1 Å². The summed E-state index contributed by atoms with van der Waals surface area (Å²) in [5.41, 5.74) is 2.21. The van der Waals surface area contributed by atoms with E-state index in [2.05, 4.69) is 26.9 Å². The van der Waals surface area contributed by atoms with Crippen LogP contribution in [0.1, 0.15) is 28.8 Å². The Morgan fingerprint density at radius 1 is 1.09 bits per heavy atom. The first kappa shape index (κ1) is 20.4. The molecule has 0 bridgehead atoms. The molecule has 0 unspecified atom stereocenters. The highest BCUT2D eigenvalue weighted by Crippen LogP contribution is 2.42. The first-order valence-electron chi connectivity index (χ1n) is 11.6. The molecule has 33 heavy (non-hydrogen) atoms. The van der Waals surface area contributed by atoms with Crippen molar-refractivity contribution in [2.75, 3.05) is 32.8 Å². The van der Waals surface area contributed by atoms with E-state index >= 15 is 0 Å². The highest BCUT2D eigenvalue weighted by atomic mass is 16.5. The number of piperazine rings is 1. The van der Waals surface area contributed by atoms with Gasteiger partial charge in [-0.2, -0.15) is 0 Å². The van der Waals surface area contributed by atoms with Crippen LogP contribution in [0.15, 0.2) is 61.1 Å². The van der Waals surface area contributed by atoms with E-state index in [0.29, 0.717) is 45.0 Å². The minimum Gasteiger partial charge on any atom is -0.381 e. The van der Waals surface area contributed by atoms with Gasteiger partial charge in [-0.15, -0.1) is 0 Å². The van der Waals surface area contributed by atoms with Crippen molar-refractivity contribution in [2.45, 2.75) is 31.1 Å². The van der Waals surface area contributed by atoms with Crippen molar-refractivity contribution in [1.29, 1.82) is 0 Å². The predicted octanol–water partition coefficient (Wildman–Crippen LogP) is 2.01. The van der Waals surface area contributed by atoms with E-state index in [4.69, 9.17) is 4.74 Å². The van der Waals surface area contributed by atoms with Gasteiger partial charge in [0.25, 0.3) is 5.91 Å². The Labute approximate surface area is 192 Å². The molecule has 2 amide bonds. The standard InChI is InChI=1S/C25H27N5O3/c31-23(20-6-7-22-26-10-11-27(22)17-20)28-12-13-29-21(18-28)24(32)30(16-19-4-2-1-3-5-19)25(29)8-14-33-15-9-25/h1-7,10-11,17,21H,8-9,12-16,18H2/t21-/m1/s1. The SMILES string of the molecule is O=C(c1ccc2nccn2c1)N1CCN2[C@H](C1)C(=O)N(Cc1ccccc1)C21CCOCC1. The summed E-state index contributed by atoms with van der Waals surface area (Å²) < 4.78 is 7.53. The molecule has 8 nitrogen and oxygen atoms in total. The van der Waals surface area contributed by atoms with Gasteiger partial charge in [0.1, 0.15) is 17.4 Å². The molecule has 8 heteroatoms. The molecule has 3 aromatic rings. The molecule has 1 spiro atoms. The Hall–Kier alpha value is -3.23. The fraction of sp³-hybridized carbons (Fsp3) is 0.400. The molecule has 0 aliphatic carbocycles. The van der Waals surface area contributed by atoms with E-state index in [9.17, 15) is 9.59 Å². The molecule has 6 rings (SSSR count). The van der Waals surface area contributed by atoms with Gasteiger partial charge in [-0.05, 0) is 17.7 Å². The third-order valence-electron chi connectivity index (χ3n) is 7.37. The molecule has 3 aliphatic heterocycles. The Kier molecular flexibility index (Phi) is 4.92. The molecule has 3 saturated heterocycles. The van der Waals surface area contributed by atoms with Gasteiger partial charge in [-0.3, -0.25) is 14.5 Å². The molecular weight excluding hydrogens is 418 g/mol. The zero-order chi connectivity index (χ0) is 22.4. The van der Waals surface area contributed by atoms with Gasteiger partial charge in [0.05, 0.1) is 18.8 Å². The molecule has 1 aromatic carbocycles. The van der Waals surface area contributed by atoms with Crippen LogP contribution >= 0.6 is 0 Å². The Morgan fingerprint density at radius 3 is 2.73 bits per heavy atom. The van der Waals surface area contributed by atoms with E-state index in [1.807, 2.05) is 52.0 Å². The Bertz CT molecular complexity index is 1190. The fourth-order valence-electron chi connectivity index (χ4n) is 5.69. The number of carbonyl (C=O) groups is 2. The number of amides is 2. The highest BCUT2D eigenvalue weighted by Gasteiger charge is 2.58. The van der Waals surface area contributed by atoms with Crippen LogP contribution in [0.4, 0.5) is 0 Å². The second kappa shape index (κ2) is 7.97. The number of benzene rings is 1. The minimum atomic E-state index is -0.333. The van der Waals surface area contributed by atoms with E-state index in [1.165, 1.54) is 0 Å². The molecule has 0 N–H and O–H groups in total. The van der Waals surface area contributed by atoms with Crippen LogP contribution in [0.25, 0.3) is 5.65 Å². The molecule has 2 aromatic heterocycles. The summed E-state index contributed by atoms with van der Waals surface area (Å²) in [5.74, 6) is 0.0731. The van der Waals surface area contributed by atoms with Gasteiger partial charge < -0.3 is 18.9 Å². The number of hydrogen-bond donors (Lipinski definition) is 0. The molecule has 0 radical (unpaired) electrons. The van der Waals surface area contributed by atoms with Crippen LogP contribution in [0.5, 0.6) is 0 Å². The van der Waals surface area contributed by atoms with E-state index in [1.54, 1.807) is 6.20 Å². The topological polar surface area (TPSA) is 70.4 Å². The lowest BCUT2D eigenvalue weighted by Gasteiger charge is -2.49. The lowest BCUT2D eigenvalue weighted by atomic mass is 9.96. The third-order valence-corrected chi connectivity index (χ3v) is 7.37. The smallest absolute Gasteiger partial charge is 0.255 e. The molecule has 0 saturated carbocycles. The first-order chi connectivity index (χ1) is 16.2. The summed E-state index contributed by atoms with van der Waals surface area (Å²) >= 11 is 0. The Morgan fingerprint density at radius 2 is 1.91 bits per heavy atom. The first-order valence-corrected chi connectivity index (χ1v) is 11.6. The van der Waals surface area contributed by atoms with Crippen LogP contribution in [0.3, 0.4) is 0 Å². The van der Waals surface area contributed by atoms with Crippen LogP contribution in [-0.4, -0.2) is 80.5 Å². The van der Waals surface area contributed by atoms with Crippen LogP contribution in [0, 0.1) is 0 Å². The molecule has 1 atom stereocenters. The van der Waals surface area contributed by atoms with Gasteiger partial charge in [0.15, 0.2) is 0 Å². The van der Waals surface area contributed by atoms with Crippen molar-refractivity contribution >= 4 is 17.5 Å². The summed E-state index contributed by atoms with van der Waals surface area (Å²) in [4.78, 5) is 37.6. The van der Waals surface area contributed by atoms with E-state index in [0.717, 1.165) is 24.1 Å². The predicted molar refractivity (Wildman–Crippen MR) is 121 cm³/mol. The Balaban J connectivity index is 1.27. The molecule has 3 aliphatic rings. The average Bonchev–Trinajstić information content (AvgIpc) is 3.42. The fourth-order valence-corrected chi connectivity index (χ4v) is 5.69. The van der Waals surface area contributed by atoms with Crippen LogP contribution < -0.4 is 0 Å². The number of aromatic nitrogens is 2. The second-order valence-corrected chi connectivity index (χ2v) is 9.08. The van der Waals surface area contributed by atoms with Crippen molar-refractivity contribution in [3.63, 3.8) is 0 Å². The van der Waals surface area contributed by atoms with Crippen LogP contribution in [0.2, 0.25) is 0 Å². The van der Waals surface area contributed by atoms with Crippen molar-refractivity contribution < 1.29 is 14.3 Å². The molecule has 170 valence electrons. The normalized spacial score (nSPS) is 22.8. The van der Waals surface area contributed by atoms with Crippen molar-refractivity contribution in [3.8, 4) is 0 Å². The second-order valence-electron chi connectivity index (χ2n) is 9.08. The number of pyridine rings is 1. The number of nitrogens with zero attached hydrogens (tertiary/aromatic N) is 5. The molecule has 5 heterocycles. The minimum absolute atomic E-state index is 0.0411. The van der Waals surface area contributed by atoms with E-state index < -0.39 is 0 Å². The van der Waals surface area contributed by atoms with Gasteiger partial charge in [0.2, 0.25) is 5.91 Å². The summed E-state index contributed by atoms with van der Waals surface area (Å²) in [6.07, 6.45) is 6.96. The van der Waals surface area contributed by atoms with Crippen molar-refractivity contribution in [2.24, 2.45) is 0 Å². The molecule has 3 fully saturated rings. The maximum absolute atomic E-state index is 13.8. The molecular formula is C25H27N5O3. The van der Waals surface area contributed by atoms with E-state index in [-0.39, 0.29) is 23.5 Å². The lowest BCUT2D eigenvalue weighted by Crippen LogP contribution is -2.62. The van der Waals surface area contributed by atoms with Gasteiger partial charge in [-0.25, -0.2) is 4.98 Å². The maximum atomic E-state index is 13.8. The monoisotopic (exact) mass is 445 g/mol. The quantitative estimate of drug-likeness (QED) is 0.617. The number of rotatable bonds is 3. The summed E-state index contributed by atoms with van der Waals surface area (Å²) in [5, 5.41) is 0. The average molecular weight is 446 g/mol. The number of imidazole rings is 1. The number of ether oxygens (including phenoxy) is 1. The zero-order valence-corrected chi connectivity index (χ0v) is 18.5. The lowest BCUT2D eigenvalue weighted by molar-refractivity contribution is -0.137. The maximum Gasteiger partial charge on any atom is 0.255 e. The highest BCUT2D eigenvalue weighted by molar-refractivity contribution is 5.95.